The fourth-order valence-electron chi connectivity index (χ4n) is 2.32. The zero-order valence-electron chi connectivity index (χ0n) is 9.73. The predicted molar refractivity (Wildman–Crippen MR) is 66.6 cm³/mol. The number of carbonyl (C=O) groups is 1. The molecular weight excluding hydrogens is 216 g/mol. The molecule has 0 radical (unpaired) electrons. The summed E-state index contributed by atoms with van der Waals surface area (Å²) in [6, 6.07) is 3.86. The smallest absolute Gasteiger partial charge is 0.250 e. The van der Waals surface area contributed by atoms with Crippen LogP contribution in [0.1, 0.15) is 29.6 Å². The molecule has 5 heteroatoms. The van der Waals surface area contributed by atoms with Gasteiger partial charge in [-0.05, 0) is 37.4 Å². The Morgan fingerprint density at radius 1 is 1.47 bits per heavy atom. The quantitative estimate of drug-likeness (QED) is 0.715. The van der Waals surface area contributed by atoms with Crippen LogP contribution in [0.25, 0.3) is 0 Å². The predicted octanol–water partition coefficient (Wildman–Crippen LogP) is 0.720. The normalized spacial score (nSPS) is 23.6. The van der Waals surface area contributed by atoms with E-state index in [2.05, 4.69) is 10.3 Å². The van der Waals surface area contributed by atoms with E-state index in [0.29, 0.717) is 24.1 Å². The summed E-state index contributed by atoms with van der Waals surface area (Å²) in [4.78, 5) is 15.1. The van der Waals surface area contributed by atoms with Crippen LogP contribution in [-0.4, -0.2) is 23.5 Å². The Bertz CT molecular complexity index is 390. The van der Waals surface area contributed by atoms with Crippen molar-refractivity contribution in [2.24, 2.45) is 17.4 Å². The molecule has 5 N–H and O–H groups in total. The molecule has 0 spiro atoms. The van der Waals surface area contributed by atoms with E-state index in [9.17, 15) is 4.79 Å². The molecule has 1 heterocycles. The van der Waals surface area contributed by atoms with Crippen LogP contribution < -0.4 is 16.8 Å². The highest BCUT2D eigenvalue weighted by Crippen LogP contribution is 2.27. The second-order valence-corrected chi connectivity index (χ2v) is 4.47. The summed E-state index contributed by atoms with van der Waals surface area (Å²) in [5.74, 6) is 0.845. The number of primary amides is 1. The Morgan fingerprint density at radius 2 is 2.29 bits per heavy atom. The molecule has 0 aliphatic heterocycles. The summed E-state index contributed by atoms with van der Waals surface area (Å²) in [7, 11) is 0. The highest BCUT2D eigenvalue weighted by Gasteiger charge is 2.25. The van der Waals surface area contributed by atoms with Crippen molar-refractivity contribution in [3.8, 4) is 0 Å². The number of hydrogen-bond acceptors (Lipinski definition) is 4. The van der Waals surface area contributed by atoms with Crippen LogP contribution in [0.4, 0.5) is 5.82 Å². The van der Waals surface area contributed by atoms with Gasteiger partial charge < -0.3 is 16.8 Å². The maximum Gasteiger partial charge on any atom is 0.250 e. The summed E-state index contributed by atoms with van der Waals surface area (Å²) >= 11 is 0. The summed E-state index contributed by atoms with van der Waals surface area (Å²) < 4.78 is 0. The Balaban J connectivity index is 2.01. The van der Waals surface area contributed by atoms with Gasteiger partial charge >= 0.3 is 0 Å². The molecule has 2 rings (SSSR count). The van der Waals surface area contributed by atoms with Crippen LogP contribution in [0, 0.1) is 5.92 Å². The van der Waals surface area contributed by atoms with E-state index in [4.69, 9.17) is 11.5 Å². The summed E-state index contributed by atoms with van der Waals surface area (Å²) in [5, 5.41) is 3.36. The average molecular weight is 234 g/mol. The van der Waals surface area contributed by atoms with Gasteiger partial charge in [0, 0.05) is 12.2 Å². The van der Waals surface area contributed by atoms with Gasteiger partial charge in [0.25, 0.3) is 0 Å². The van der Waals surface area contributed by atoms with E-state index < -0.39 is 5.91 Å². The molecule has 1 fully saturated rings. The molecule has 1 amide bonds. The lowest BCUT2D eigenvalue weighted by atomic mass is 10.0. The van der Waals surface area contributed by atoms with Gasteiger partial charge in [-0.2, -0.15) is 0 Å². The van der Waals surface area contributed by atoms with E-state index in [1.54, 1.807) is 12.1 Å². The number of anilines is 1. The number of amides is 1. The fourth-order valence-corrected chi connectivity index (χ4v) is 2.32. The van der Waals surface area contributed by atoms with Crippen molar-refractivity contribution in [1.82, 2.24) is 4.98 Å². The number of carbonyl (C=O) groups excluding carboxylic acids is 1. The molecule has 1 aromatic heterocycles. The molecular formula is C12H18N4O. The van der Waals surface area contributed by atoms with Gasteiger partial charge in [-0.3, -0.25) is 4.79 Å². The summed E-state index contributed by atoms with van der Waals surface area (Å²) in [6.07, 6.45) is 5.00. The van der Waals surface area contributed by atoms with E-state index >= 15 is 0 Å². The second kappa shape index (κ2) is 5.14. The monoisotopic (exact) mass is 234 g/mol. The number of nitrogens with zero attached hydrogens (tertiary/aromatic N) is 1. The molecule has 0 aromatic carbocycles. The van der Waals surface area contributed by atoms with E-state index in [-0.39, 0.29) is 0 Å². The number of nitrogens with two attached hydrogens (primary N) is 2. The molecule has 17 heavy (non-hydrogen) atoms. The fraction of sp³-hybridized carbons (Fsp3) is 0.500. The first kappa shape index (κ1) is 11.9. The highest BCUT2D eigenvalue weighted by molar-refractivity contribution is 5.92. The van der Waals surface area contributed by atoms with Crippen LogP contribution in [0.3, 0.4) is 0 Å². The Hall–Kier alpha value is -1.62. The van der Waals surface area contributed by atoms with Crippen LogP contribution in [0.15, 0.2) is 18.3 Å². The Labute approximate surface area is 101 Å². The molecule has 0 saturated heterocycles. The molecule has 2 unspecified atom stereocenters. The number of hydrogen-bond donors (Lipinski definition) is 3. The molecule has 0 bridgehead atoms. The highest BCUT2D eigenvalue weighted by atomic mass is 16.1. The van der Waals surface area contributed by atoms with Gasteiger partial charge in [-0.1, -0.05) is 6.42 Å². The number of nitrogens with one attached hydrogen (secondary N) is 1. The van der Waals surface area contributed by atoms with E-state index in [1.165, 1.54) is 19.0 Å². The molecule has 5 nitrogen and oxygen atoms in total. The van der Waals surface area contributed by atoms with Gasteiger partial charge in [0.05, 0.1) is 5.56 Å². The SMILES string of the molecule is NCC1CCCC1Nc1ccc(C(N)=O)cn1. The minimum Gasteiger partial charge on any atom is -0.367 e. The summed E-state index contributed by atoms with van der Waals surface area (Å²) in [5.41, 5.74) is 11.3. The van der Waals surface area contributed by atoms with Crippen LogP contribution in [0.2, 0.25) is 0 Å². The molecule has 1 saturated carbocycles. The largest absolute Gasteiger partial charge is 0.367 e. The first-order valence-corrected chi connectivity index (χ1v) is 5.93. The zero-order chi connectivity index (χ0) is 12.3. The first-order valence-electron chi connectivity index (χ1n) is 5.93. The van der Waals surface area contributed by atoms with Crippen LogP contribution in [-0.2, 0) is 0 Å². The molecule has 2 atom stereocenters. The number of aromatic nitrogens is 1. The third kappa shape index (κ3) is 2.74. The van der Waals surface area contributed by atoms with Gasteiger partial charge in [0.1, 0.15) is 5.82 Å². The summed E-state index contributed by atoms with van der Waals surface area (Å²) in [6.45, 7) is 0.705. The number of pyridine rings is 1. The van der Waals surface area contributed by atoms with Crippen molar-refractivity contribution in [2.75, 3.05) is 11.9 Å². The van der Waals surface area contributed by atoms with Crippen molar-refractivity contribution in [1.29, 1.82) is 0 Å². The lowest BCUT2D eigenvalue weighted by Crippen LogP contribution is -2.29. The Kier molecular flexibility index (Phi) is 3.58. The molecule has 92 valence electrons. The van der Waals surface area contributed by atoms with Crippen LogP contribution >= 0.6 is 0 Å². The molecule has 1 aliphatic rings. The maximum absolute atomic E-state index is 10.9. The van der Waals surface area contributed by atoms with E-state index in [1.807, 2.05) is 0 Å². The zero-order valence-corrected chi connectivity index (χ0v) is 9.73. The first-order chi connectivity index (χ1) is 8.20. The number of rotatable bonds is 4. The van der Waals surface area contributed by atoms with Crippen molar-refractivity contribution in [2.45, 2.75) is 25.3 Å². The topological polar surface area (TPSA) is 94.0 Å². The standard InChI is InChI=1S/C12H18N4O/c13-6-8-2-1-3-10(8)16-11-5-4-9(7-15-11)12(14)17/h4-5,7-8,10H,1-3,6,13H2,(H2,14,17)(H,15,16). The van der Waals surface area contributed by atoms with Crippen LogP contribution in [0.5, 0.6) is 0 Å². The molecule has 1 aromatic rings. The lowest BCUT2D eigenvalue weighted by Gasteiger charge is -2.19. The van der Waals surface area contributed by atoms with Crippen molar-refractivity contribution < 1.29 is 4.79 Å². The average Bonchev–Trinajstić information content (AvgIpc) is 2.77. The van der Waals surface area contributed by atoms with Gasteiger partial charge in [-0.15, -0.1) is 0 Å². The minimum atomic E-state index is -0.454. The lowest BCUT2D eigenvalue weighted by molar-refractivity contribution is 0.1000. The maximum atomic E-state index is 10.9. The minimum absolute atomic E-state index is 0.395. The van der Waals surface area contributed by atoms with Gasteiger partial charge in [0.15, 0.2) is 0 Å². The van der Waals surface area contributed by atoms with Crippen molar-refractivity contribution >= 4 is 11.7 Å². The van der Waals surface area contributed by atoms with Gasteiger partial charge in [0.2, 0.25) is 5.91 Å². The third-order valence-corrected chi connectivity index (χ3v) is 3.34. The second-order valence-electron chi connectivity index (χ2n) is 4.47. The van der Waals surface area contributed by atoms with Crippen molar-refractivity contribution in [3.05, 3.63) is 23.9 Å². The third-order valence-electron chi connectivity index (χ3n) is 3.34. The Morgan fingerprint density at radius 3 is 2.88 bits per heavy atom. The molecule has 1 aliphatic carbocycles. The van der Waals surface area contributed by atoms with E-state index in [0.717, 1.165) is 12.2 Å². The van der Waals surface area contributed by atoms with Crippen molar-refractivity contribution in [3.63, 3.8) is 0 Å². The van der Waals surface area contributed by atoms with Gasteiger partial charge in [-0.25, -0.2) is 4.98 Å².